The highest BCUT2D eigenvalue weighted by molar-refractivity contribution is 5.79. The number of aryl methyl sites for hydroxylation is 3. The van der Waals surface area contributed by atoms with Gasteiger partial charge in [0.05, 0.1) is 16.7 Å². The predicted octanol–water partition coefficient (Wildman–Crippen LogP) is 3.09. The summed E-state index contributed by atoms with van der Waals surface area (Å²) in [6.07, 6.45) is 2.06. The molecule has 0 radical (unpaired) electrons. The van der Waals surface area contributed by atoms with Gasteiger partial charge in [0.2, 0.25) is 5.91 Å². The number of hydrogen-bond donors (Lipinski definition) is 1. The van der Waals surface area contributed by atoms with Crippen molar-refractivity contribution >= 4 is 16.9 Å². The number of imidazole rings is 1. The summed E-state index contributed by atoms with van der Waals surface area (Å²) in [4.78, 5) is 23.0. The van der Waals surface area contributed by atoms with Crippen molar-refractivity contribution in [2.45, 2.75) is 46.1 Å². The summed E-state index contributed by atoms with van der Waals surface area (Å²) in [7, 11) is 0. The Hall–Kier alpha value is -2.63. The van der Waals surface area contributed by atoms with Crippen LogP contribution in [0, 0.1) is 20.8 Å². The molecular weight excluding hydrogens is 326 g/mol. The molecule has 1 aromatic carbocycles. The topological polar surface area (TPSA) is 66.8 Å². The quantitative estimate of drug-likeness (QED) is 0.788. The molecule has 1 saturated heterocycles. The number of para-hydroxylation sites is 1. The molecule has 0 bridgehead atoms. The number of aromatic nitrogens is 4. The maximum atomic E-state index is 12.8. The molecule has 1 aliphatic heterocycles. The smallest absolute Gasteiger partial charge is 0.244 e. The number of amides is 1. The summed E-state index contributed by atoms with van der Waals surface area (Å²) in [6, 6.07) is 8.19. The van der Waals surface area contributed by atoms with Crippen LogP contribution < -0.4 is 0 Å². The Kier molecular flexibility index (Phi) is 4.26. The number of likely N-dealkylation sites (tertiary alicyclic amines) is 1. The van der Waals surface area contributed by atoms with Crippen molar-refractivity contribution in [3.05, 3.63) is 47.0 Å². The van der Waals surface area contributed by atoms with Crippen molar-refractivity contribution in [3.8, 4) is 0 Å². The summed E-state index contributed by atoms with van der Waals surface area (Å²) in [5, 5.41) is 4.41. The predicted molar refractivity (Wildman–Crippen MR) is 101 cm³/mol. The van der Waals surface area contributed by atoms with Gasteiger partial charge in [0.25, 0.3) is 0 Å². The molecule has 6 heteroatoms. The molecule has 2 aromatic heterocycles. The lowest BCUT2D eigenvalue weighted by atomic mass is 9.97. The molecule has 1 amide bonds. The Morgan fingerprint density at radius 3 is 2.88 bits per heavy atom. The van der Waals surface area contributed by atoms with Gasteiger partial charge in [-0.15, -0.1) is 0 Å². The SMILES string of the molecule is Cc1cc(C)n(CC(=O)N2CCC[C@@H](c3nc4c(C)cccc4[nH]3)C2)n1. The van der Waals surface area contributed by atoms with Crippen LogP contribution in [0.15, 0.2) is 24.3 Å². The Balaban J connectivity index is 1.50. The van der Waals surface area contributed by atoms with Crippen LogP contribution in [0.5, 0.6) is 0 Å². The van der Waals surface area contributed by atoms with E-state index < -0.39 is 0 Å². The monoisotopic (exact) mass is 351 g/mol. The summed E-state index contributed by atoms with van der Waals surface area (Å²) in [6.45, 7) is 7.87. The number of carbonyl (C=O) groups is 1. The zero-order valence-corrected chi connectivity index (χ0v) is 15.6. The molecule has 1 atom stereocenters. The van der Waals surface area contributed by atoms with Crippen molar-refractivity contribution in [2.24, 2.45) is 0 Å². The summed E-state index contributed by atoms with van der Waals surface area (Å²) in [5.41, 5.74) is 5.26. The van der Waals surface area contributed by atoms with Crippen LogP contribution in [-0.2, 0) is 11.3 Å². The zero-order chi connectivity index (χ0) is 18.3. The van der Waals surface area contributed by atoms with Crippen LogP contribution in [0.25, 0.3) is 11.0 Å². The van der Waals surface area contributed by atoms with Gasteiger partial charge in [0, 0.05) is 24.7 Å². The third-order valence-electron chi connectivity index (χ3n) is 5.28. The van der Waals surface area contributed by atoms with E-state index in [0.29, 0.717) is 6.54 Å². The van der Waals surface area contributed by atoms with Crippen LogP contribution in [0.1, 0.15) is 41.5 Å². The third-order valence-corrected chi connectivity index (χ3v) is 5.28. The number of carbonyl (C=O) groups excluding carboxylic acids is 1. The fourth-order valence-electron chi connectivity index (χ4n) is 3.88. The molecule has 4 rings (SSSR count). The van der Waals surface area contributed by atoms with E-state index in [1.807, 2.05) is 30.9 Å². The molecule has 3 aromatic rings. The second-order valence-corrected chi connectivity index (χ2v) is 7.36. The first-order valence-corrected chi connectivity index (χ1v) is 9.25. The molecule has 3 heterocycles. The molecule has 0 saturated carbocycles. The largest absolute Gasteiger partial charge is 0.342 e. The Morgan fingerprint density at radius 1 is 1.31 bits per heavy atom. The highest BCUT2D eigenvalue weighted by Crippen LogP contribution is 2.27. The highest BCUT2D eigenvalue weighted by atomic mass is 16.2. The lowest BCUT2D eigenvalue weighted by molar-refractivity contribution is -0.133. The van der Waals surface area contributed by atoms with Gasteiger partial charge < -0.3 is 9.88 Å². The molecule has 136 valence electrons. The lowest BCUT2D eigenvalue weighted by Crippen LogP contribution is -2.41. The van der Waals surface area contributed by atoms with Crippen molar-refractivity contribution < 1.29 is 4.79 Å². The van der Waals surface area contributed by atoms with Crippen molar-refractivity contribution in [1.29, 1.82) is 0 Å². The second kappa shape index (κ2) is 6.59. The number of hydrogen-bond acceptors (Lipinski definition) is 3. The maximum Gasteiger partial charge on any atom is 0.244 e. The van der Waals surface area contributed by atoms with E-state index in [4.69, 9.17) is 4.98 Å². The van der Waals surface area contributed by atoms with E-state index in [1.54, 1.807) is 4.68 Å². The van der Waals surface area contributed by atoms with Gasteiger partial charge in [-0.3, -0.25) is 9.48 Å². The third kappa shape index (κ3) is 3.11. The van der Waals surface area contributed by atoms with E-state index in [9.17, 15) is 4.79 Å². The number of rotatable bonds is 3. The van der Waals surface area contributed by atoms with E-state index in [0.717, 1.165) is 54.2 Å². The number of nitrogens with one attached hydrogen (secondary N) is 1. The lowest BCUT2D eigenvalue weighted by Gasteiger charge is -2.32. The zero-order valence-electron chi connectivity index (χ0n) is 15.6. The Morgan fingerprint density at radius 2 is 2.15 bits per heavy atom. The molecule has 1 aliphatic rings. The molecule has 0 spiro atoms. The molecule has 6 nitrogen and oxygen atoms in total. The number of benzene rings is 1. The fraction of sp³-hybridized carbons (Fsp3) is 0.450. The van der Waals surface area contributed by atoms with Crippen LogP contribution in [0.4, 0.5) is 0 Å². The normalized spacial score (nSPS) is 17.8. The van der Waals surface area contributed by atoms with Crippen LogP contribution in [0.3, 0.4) is 0 Å². The first-order chi connectivity index (χ1) is 12.5. The van der Waals surface area contributed by atoms with Gasteiger partial charge in [-0.05, 0) is 51.3 Å². The van der Waals surface area contributed by atoms with Crippen molar-refractivity contribution in [1.82, 2.24) is 24.6 Å². The Bertz CT molecular complexity index is 954. The summed E-state index contributed by atoms with van der Waals surface area (Å²) in [5.74, 6) is 1.39. The fourth-order valence-corrected chi connectivity index (χ4v) is 3.88. The molecule has 1 N–H and O–H groups in total. The minimum atomic E-state index is 0.133. The van der Waals surface area contributed by atoms with Crippen LogP contribution in [-0.4, -0.2) is 43.6 Å². The highest BCUT2D eigenvalue weighted by Gasteiger charge is 2.27. The van der Waals surface area contributed by atoms with E-state index in [-0.39, 0.29) is 11.8 Å². The van der Waals surface area contributed by atoms with E-state index in [2.05, 4.69) is 29.1 Å². The number of aromatic amines is 1. The first-order valence-electron chi connectivity index (χ1n) is 9.25. The maximum absolute atomic E-state index is 12.8. The molecule has 0 aliphatic carbocycles. The summed E-state index contributed by atoms with van der Waals surface area (Å²) < 4.78 is 1.80. The number of fused-ring (bicyclic) bond motifs is 1. The minimum Gasteiger partial charge on any atom is -0.342 e. The first kappa shape index (κ1) is 16.8. The average Bonchev–Trinajstić information content (AvgIpc) is 3.19. The summed E-state index contributed by atoms with van der Waals surface area (Å²) >= 11 is 0. The van der Waals surface area contributed by atoms with Crippen LogP contribution in [0.2, 0.25) is 0 Å². The molecule has 26 heavy (non-hydrogen) atoms. The standard InChI is InChI=1S/C20H25N5O/c1-13-6-4-8-17-19(13)22-20(21-17)16-7-5-9-24(11-16)18(26)12-25-15(3)10-14(2)23-25/h4,6,8,10,16H,5,7,9,11-12H2,1-3H3,(H,21,22)/t16-/m1/s1. The average molecular weight is 351 g/mol. The Labute approximate surface area is 153 Å². The molecular formula is C20H25N5O. The molecule has 1 fully saturated rings. The number of piperidine rings is 1. The van der Waals surface area contributed by atoms with Crippen molar-refractivity contribution in [2.75, 3.05) is 13.1 Å². The van der Waals surface area contributed by atoms with Gasteiger partial charge in [-0.2, -0.15) is 5.10 Å². The minimum absolute atomic E-state index is 0.133. The van der Waals surface area contributed by atoms with Gasteiger partial charge in [0.1, 0.15) is 12.4 Å². The van der Waals surface area contributed by atoms with Gasteiger partial charge in [0.15, 0.2) is 0 Å². The number of H-pyrrole nitrogens is 1. The van der Waals surface area contributed by atoms with E-state index in [1.165, 1.54) is 5.56 Å². The van der Waals surface area contributed by atoms with Gasteiger partial charge in [-0.1, -0.05) is 12.1 Å². The number of nitrogens with zero attached hydrogens (tertiary/aromatic N) is 4. The van der Waals surface area contributed by atoms with Gasteiger partial charge >= 0.3 is 0 Å². The second-order valence-electron chi connectivity index (χ2n) is 7.36. The molecule has 0 unspecified atom stereocenters. The van der Waals surface area contributed by atoms with Gasteiger partial charge in [-0.25, -0.2) is 4.98 Å². The van der Waals surface area contributed by atoms with Crippen LogP contribution >= 0.6 is 0 Å². The van der Waals surface area contributed by atoms with Crippen molar-refractivity contribution in [3.63, 3.8) is 0 Å². The van der Waals surface area contributed by atoms with E-state index >= 15 is 0 Å².